The van der Waals surface area contributed by atoms with Crippen LogP contribution in [-0.4, -0.2) is 40.0 Å². The van der Waals surface area contributed by atoms with E-state index >= 15 is 0 Å². The maximum absolute atomic E-state index is 12.4. The van der Waals surface area contributed by atoms with Gasteiger partial charge < -0.3 is 10.6 Å². The number of nitrogens with one attached hydrogen (secondary N) is 3. The van der Waals surface area contributed by atoms with Crippen molar-refractivity contribution in [3.05, 3.63) is 29.3 Å². The van der Waals surface area contributed by atoms with Gasteiger partial charge in [-0.25, -0.2) is 13.1 Å². The number of sulfonamides is 1. The molecule has 2 aliphatic rings. The Kier molecular flexibility index (Phi) is 3.97. The molecule has 21 heavy (non-hydrogen) atoms. The minimum atomic E-state index is -3.57. The summed E-state index contributed by atoms with van der Waals surface area (Å²) >= 11 is 0. The van der Waals surface area contributed by atoms with Gasteiger partial charge in [0.15, 0.2) is 0 Å². The summed E-state index contributed by atoms with van der Waals surface area (Å²) in [6, 6.07) is 4.76. The van der Waals surface area contributed by atoms with Gasteiger partial charge in [-0.15, -0.1) is 0 Å². The van der Waals surface area contributed by atoms with Crippen LogP contribution in [0, 0.1) is 0 Å². The minimum Gasteiger partial charge on any atom is -0.352 e. The van der Waals surface area contributed by atoms with Crippen LogP contribution in [0.4, 0.5) is 0 Å². The molecule has 3 N–H and O–H groups in total. The molecule has 0 bridgehead atoms. The predicted molar refractivity (Wildman–Crippen MR) is 78.7 cm³/mol. The SMILES string of the molecule is O=C1NCCc2ccc(S(=O)(=O)NC3CCNCC3)cc21. The molecule has 1 amide bonds. The summed E-state index contributed by atoms with van der Waals surface area (Å²) < 4.78 is 27.6. The average Bonchev–Trinajstić information content (AvgIpc) is 2.48. The molecule has 1 aromatic rings. The van der Waals surface area contributed by atoms with Gasteiger partial charge >= 0.3 is 0 Å². The van der Waals surface area contributed by atoms with Crippen LogP contribution in [0.5, 0.6) is 0 Å². The highest BCUT2D eigenvalue weighted by Crippen LogP contribution is 2.20. The zero-order chi connectivity index (χ0) is 14.9. The summed E-state index contributed by atoms with van der Waals surface area (Å²) in [6.45, 7) is 2.24. The molecular formula is C14H19N3O3S. The third-order valence-corrected chi connectivity index (χ3v) is 5.50. The Balaban J connectivity index is 1.85. The van der Waals surface area contributed by atoms with E-state index in [0.29, 0.717) is 12.1 Å². The summed E-state index contributed by atoms with van der Waals surface area (Å²) in [5.74, 6) is -0.199. The number of carbonyl (C=O) groups is 1. The Bertz CT molecular complexity index is 651. The minimum absolute atomic E-state index is 0.0406. The maximum atomic E-state index is 12.4. The Hall–Kier alpha value is -1.44. The second-order valence-corrected chi connectivity index (χ2v) is 7.18. The van der Waals surface area contributed by atoms with E-state index < -0.39 is 10.0 Å². The van der Waals surface area contributed by atoms with Gasteiger partial charge in [0.25, 0.3) is 5.91 Å². The van der Waals surface area contributed by atoms with Gasteiger partial charge in [0, 0.05) is 18.2 Å². The second-order valence-electron chi connectivity index (χ2n) is 5.47. The van der Waals surface area contributed by atoms with Gasteiger partial charge in [-0.2, -0.15) is 0 Å². The largest absolute Gasteiger partial charge is 0.352 e. The smallest absolute Gasteiger partial charge is 0.251 e. The van der Waals surface area contributed by atoms with Crippen LogP contribution in [0.1, 0.15) is 28.8 Å². The lowest BCUT2D eigenvalue weighted by Crippen LogP contribution is -2.42. The quantitative estimate of drug-likeness (QED) is 0.733. The van der Waals surface area contributed by atoms with E-state index in [1.54, 1.807) is 12.1 Å². The summed E-state index contributed by atoms with van der Waals surface area (Å²) in [5, 5.41) is 5.94. The summed E-state index contributed by atoms with van der Waals surface area (Å²) in [4.78, 5) is 12.0. The molecule has 1 fully saturated rings. The fourth-order valence-corrected chi connectivity index (χ4v) is 4.12. The third-order valence-electron chi connectivity index (χ3n) is 3.98. The van der Waals surface area contributed by atoms with E-state index in [1.807, 2.05) is 0 Å². The van der Waals surface area contributed by atoms with Crippen LogP contribution >= 0.6 is 0 Å². The van der Waals surface area contributed by atoms with Crippen molar-refractivity contribution < 1.29 is 13.2 Å². The average molecular weight is 309 g/mol. The molecule has 0 aliphatic carbocycles. The van der Waals surface area contributed by atoms with E-state index in [9.17, 15) is 13.2 Å². The van der Waals surface area contributed by atoms with Crippen molar-refractivity contribution in [2.45, 2.75) is 30.2 Å². The molecule has 1 aromatic carbocycles. The van der Waals surface area contributed by atoms with Crippen molar-refractivity contribution in [3.63, 3.8) is 0 Å². The van der Waals surface area contributed by atoms with Crippen molar-refractivity contribution in [2.24, 2.45) is 0 Å². The molecule has 2 aliphatic heterocycles. The molecular weight excluding hydrogens is 290 g/mol. The first-order valence-corrected chi connectivity index (χ1v) is 8.69. The Morgan fingerprint density at radius 1 is 1.14 bits per heavy atom. The van der Waals surface area contributed by atoms with Gasteiger partial charge in [0.2, 0.25) is 10.0 Å². The van der Waals surface area contributed by atoms with Crippen LogP contribution in [0.15, 0.2) is 23.1 Å². The van der Waals surface area contributed by atoms with E-state index in [1.165, 1.54) is 6.07 Å². The van der Waals surface area contributed by atoms with Crippen LogP contribution < -0.4 is 15.4 Å². The number of hydrogen-bond acceptors (Lipinski definition) is 4. The van der Waals surface area contributed by atoms with E-state index in [-0.39, 0.29) is 16.8 Å². The number of rotatable bonds is 3. The molecule has 0 radical (unpaired) electrons. The molecule has 0 atom stereocenters. The second kappa shape index (κ2) is 5.75. The van der Waals surface area contributed by atoms with Crippen molar-refractivity contribution in [1.82, 2.24) is 15.4 Å². The number of benzene rings is 1. The lowest BCUT2D eigenvalue weighted by molar-refractivity contribution is 0.0946. The first-order chi connectivity index (χ1) is 10.1. The third kappa shape index (κ3) is 3.09. The molecule has 0 spiro atoms. The fourth-order valence-electron chi connectivity index (χ4n) is 2.79. The molecule has 1 saturated heterocycles. The Morgan fingerprint density at radius 3 is 2.67 bits per heavy atom. The molecule has 2 heterocycles. The lowest BCUT2D eigenvalue weighted by Gasteiger charge is -2.24. The number of hydrogen-bond donors (Lipinski definition) is 3. The molecule has 3 rings (SSSR count). The van der Waals surface area contributed by atoms with Crippen molar-refractivity contribution in [3.8, 4) is 0 Å². The topological polar surface area (TPSA) is 87.3 Å². The fraction of sp³-hybridized carbons (Fsp3) is 0.500. The van der Waals surface area contributed by atoms with Gasteiger partial charge in [-0.05, 0) is 50.0 Å². The normalized spacial score (nSPS) is 19.9. The van der Waals surface area contributed by atoms with Crippen molar-refractivity contribution in [1.29, 1.82) is 0 Å². The highest BCUT2D eigenvalue weighted by molar-refractivity contribution is 7.89. The number of carbonyl (C=O) groups excluding carboxylic acids is 1. The molecule has 114 valence electrons. The van der Waals surface area contributed by atoms with E-state index in [0.717, 1.165) is 37.9 Å². The van der Waals surface area contributed by atoms with Crippen LogP contribution in [0.25, 0.3) is 0 Å². The van der Waals surface area contributed by atoms with Crippen LogP contribution in [0.2, 0.25) is 0 Å². The van der Waals surface area contributed by atoms with Gasteiger partial charge in [0.05, 0.1) is 4.90 Å². The Labute approximate surface area is 124 Å². The first-order valence-electron chi connectivity index (χ1n) is 7.20. The molecule has 0 saturated carbocycles. The van der Waals surface area contributed by atoms with Crippen LogP contribution in [-0.2, 0) is 16.4 Å². The number of amides is 1. The zero-order valence-corrected chi connectivity index (χ0v) is 12.5. The summed E-state index contributed by atoms with van der Waals surface area (Å²) in [5.41, 5.74) is 1.37. The van der Waals surface area contributed by atoms with Gasteiger partial charge in [0.1, 0.15) is 0 Å². The monoisotopic (exact) mass is 309 g/mol. The van der Waals surface area contributed by atoms with Crippen molar-refractivity contribution in [2.75, 3.05) is 19.6 Å². The standard InChI is InChI=1S/C14H19N3O3S/c18-14-13-9-12(2-1-10(13)3-8-16-14)21(19,20)17-11-4-6-15-7-5-11/h1-2,9,11,15,17H,3-8H2,(H,16,18). The van der Waals surface area contributed by atoms with Crippen molar-refractivity contribution >= 4 is 15.9 Å². The number of fused-ring (bicyclic) bond motifs is 1. The molecule has 0 unspecified atom stereocenters. The Morgan fingerprint density at radius 2 is 1.90 bits per heavy atom. The maximum Gasteiger partial charge on any atom is 0.251 e. The predicted octanol–water partition coefficient (Wildman–Crippen LogP) is 0.00280. The highest BCUT2D eigenvalue weighted by atomic mass is 32.2. The molecule has 6 nitrogen and oxygen atoms in total. The lowest BCUT2D eigenvalue weighted by atomic mass is 10.0. The molecule has 0 aromatic heterocycles. The highest BCUT2D eigenvalue weighted by Gasteiger charge is 2.24. The van der Waals surface area contributed by atoms with Gasteiger partial charge in [-0.3, -0.25) is 4.79 Å². The van der Waals surface area contributed by atoms with Gasteiger partial charge in [-0.1, -0.05) is 6.07 Å². The molecule has 7 heteroatoms. The summed E-state index contributed by atoms with van der Waals surface area (Å²) in [6.07, 6.45) is 2.30. The first kappa shape index (κ1) is 14.5. The number of piperidine rings is 1. The zero-order valence-electron chi connectivity index (χ0n) is 11.7. The van der Waals surface area contributed by atoms with E-state index in [2.05, 4.69) is 15.4 Å². The summed E-state index contributed by atoms with van der Waals surface area (Å²) in [7, 11) is -3.57. The van der Waals surface area contributed by atoms with Crippen LogP contribution in [0.3, 0.4) is 0 Å². The van der Waals surface area contributed by atoms with E-state index in [4.69, 9.17) is 0 Å².